The molecular formula is C18H20FNO2S. The van der Waals surface area contributed by atoms with Crippen LogP contribution in [0.2, 0.25) is 0 Å². The molecule has 0 atom stereocenters. The molecular weight excluding hydrogens is 313 g/mol. The smallest absolute Gasteiger partial charge is 0.223 e. The number of methoxy groups -OCH3 is 1. The van der Waals surface area contributed by atoms with Crippen LogP contribution in [-0.4, -0.2) is 30.7 Å². The number of halogens is 1. The van der Waals surface area contributed by atoms with Gasteiger partial charge < -0.3 is 9.64 Å². The Labute approximate surface area is 140 Å². The Morgan fingerprint density at radius 1 is 1.22 bits per heavy atom. The quantitative estimate of drug-likeness (QED) is 0.718. The number of benzene rings is 2. The summed E-state index contributed by atoms with van der Waals surface area (Å²) in [5, 5.41) is 0. The summed E-state index contributed by atoms with van der Waals surface area (Å²) in [4.78, 5) is 14.9. The van der Waals surface area contributed by atoms with E-state index in [0.717, 1.165) is 16.2 Å². The molecule has 0 bridgehead atoms. The molecule has 0 unspecified atom stereocenters. The first-order valence-electron chi connectivity index (χ1n) is 7.34. The Kier molecular flexibility index (Phi) is 6.47. The summed E-state index contributed by atoms with van der Waals surface area (Å²) in [6.45, 7) is 0.385. The van der Waals surface area contributed by atoms with Gasteiger partial charge in [-0.1, -0.05) is 24.3 Å². The summed E-state index contributed by atoms with van der Waals surface area (Å²) in [6.07, 6.45) is 0.453. The molecule has 122 valence electrons. The van der Waals surface area contributed by atoms with Crippen LogP contribution in [0.25, 0.3) is 0 Å². The highest BCUT2D eigenvalue weighted by Crippen LogP contribution is 2.20. The Morgan fingerprint density at radius 3 is 2.61 bits per heavy atom. The van der Waals surface area contributed by atoms with Gasteiger partial charge in [0.1, 0.15) is 0 Å². The van der Waals surface area contributed by atoms with Crippen LogP contribution in [-0.2, 0) is 11.3 Å². The largest absolute Gasteiger partial charge is 0.494 e. The third-order valence-corrected chi connectivity index (χ3v) is 4.40. The molecule has 2 rings (SSSR count). The molecule has 0 N–H and O–H groups in total. The number of hydrogen-bond acceptors (Lipinski definition) is 3. The van der Waals surface area contributed by atoms with Crippen molar-refractivity contribution in [2.45, 2.75) is 17.9 Å². The van der Waals surface area contributed by atoms with Crippen molar-refractivity contribution in [1.29, 1.82) is 0 Å². The van der Waals surface area contributed by atoms with Gasteiger partial charge in [-0.05, 0) is 29.8 Å². The van der Waals surface area contributed by atoms with Gasteiger partial charge in [-0.15, -0.1) is 11.8 Å². The molecule has 0 aromatic heterocycles. The highest BCUT2D eigenvalue weighted by atomic mass is 32.2. The summed E-state index contributed by atoms with van der Waals surface area (Å²) < 4.78 is 18.5. The number of rotatable bonds is 7. The first-order valence-corrected chi connectivity index (χ1v) is 8.33. The van der Waals surface area contributed by atoms with Crippen molar-refractivity contribution in [2.75, 3.05) is 19.9 Å². The number of amides is 1. The maximum atomic E-state index is 13.7. The zero-order valence-corrected chi connectivity index (χ0v) is 14.1. The summed E-state index contributed by atoms with van der Waals surface area (Å²) in [6, 6.07) is 14.7. The van der Waals surface area contributed by atoms with E-state index in [4.69, 9.17) is 4.74 Å². The lowest BCUT2D eigenvalue weighted by atomic mass is 10.2. The predicted molar refractivity (Wildman–Crippen MR) is 91.2 cm³/mol. The first-order chi connectivity index (χ1) is 11.1. The highest BCUT2D eigenvalue weighted by Gasteiger charge is 2.11. The zero-order chi connectivity index (χ0) is 16.7. The average Bonchev–Trinajstić information content (AvgIpc) is 2.56. The van der Waals surface area contributed by atoms with E-state index in [1.165, 1.54) is 13.2 Å². The number of carbonyl (C=O) groups excluding carboxylic acids is 1. The van der Waals surface area contributed by atoms with Crippen LogP contribution in [0.15, 0.2) is 53.4 Å². The van der Waals surface area contributed by atoms with Crippen LogP contribution < -0.4 is 4.74 Å². The third-order valence-electron chi connectivity index (χ3n) is 3.39. The number of carbonyl (C=O) groups is 1. The molecule has 0 aliphatic heterocycles. The summed E-state index contributed by atoms with van der Waals surface area (Å²) >= 11 is 1.66. The molecule has 2 aromatic rings. The van der Waals surface area contributed by atoms with Crippen molar-refractivity contribution in [3.63, 3.8) is 0 Å². The summed E-state index contributed by atoms with van der Waals surface area (Å²) in [5.41, 5.74) is 0.745. The molecule has 0 aliphatic carbocycles. The van der Waals surface area contributed by atoms with Gasteiger partial charge in [0.15, 0.2) is 11.6 Å². The SMILES string of the molecule is COc1ccc(CN(C)C(=O)CCSc2ccccc2)cc1F. The standard InChI is InChI=1S/C18H20FNO2S/c1-20(13-14-8-9-17(22-2)16(19)12-14)18(21)10-11-23-15-6-4-3-5-7-15/h3-9,12H,10-11,13H2,1-2H3. The molecule has 0 fully saturated rings. The molecule has 0 heterocycles. The van der Waals surface area contributed by atoms with Crippen LogP contribution in [0.3, 0.4) is 0 Å². The Bertz CT molecular complexity index is 649. The molecule has 2 aromatic carbocycles. The molecule has 0 saturated carbocycles. The fourth-order valence-electron chi connectivity index (χ4n) is 2.13. The minimum Gasteiger partial charge on any atom is -0.494 e. The topological polar surface area (TPSA) is 29.5 Å². The predicted octanol–water partition coefficient (Wildman–Crippen LogP) is 3.98. The second-order valence-electron chi connectivity index (χ2n) is 5.13. The normalized spacial score (nSPS) is 10.4. The van der Waals surface area contributed by atoms with E-state index in [0.29, 0.717) is 13.0 Å². The second kappa shape index (κ2) is 8.58. The molecule has 0 radical (unpaired) electrons. The second-order valence-corrected chi connectivity index (χ2v) is 6.30. The van der Waals surface area contributed by atoms with Crippen LogP contribution in [0.4, 0.5) is 4.39 Å². The monoisotopic (exact) mass is 333 g/mol. The number of thioether (sulfide) groups is 1. The maximum Gasteiger partial charge on any atom is 0.223 e. The van der Waals surface area contributed by atoms with E-state index in [1.54, 1.807) is 35.8 Å². The van der Waals surface area contributed by atoms with Crippen LogP contribution in [0.1, 0.15) is 12.0 Å². The third kappa shape index (κ3) is 5.28. The molecule has 0 saturated heterocycles. The lowest BCUT2D eigenvalue weighted by Crippen LogP contribution is -2.26. The van der Waals surface area contributed by atoms with Crippen LogP contribution >= 0.6 is 11.8 Å². The van der Waals surface area contributed by atoms with Crippen molar-refractivity contribution in [2.24, 2.45) is 0 Å². The molecule has 1 amide bonds. The minimum absolute atomic E-state index is 0.0460. The van der Waals surface area contributed by atoms with Crippen LogP contribution in [0.5, 0.6) is 5.75 Å². The van der Waals surface area contributed by atoms with Crippen LogP contribution in [0, 0.1) is 5.82 Å². The fourth-order valence-corrected chi connectivity index (χ4v) is 3.00. The van der Waals surface area contributed by atoms with E-state index in [9.17, 15) is 9.18 Å². The van der Waals surface area contributed by atoms with E-state index >= 15 is 0 Å². The molecule has 0 aliphatic rings. The van der Waals surface area contributed by atoms with Crippen molar-refractivity contribution < 1.29 is 13.9 Å². The van der Waals surface area contributed by atoms with E-state index in [1.807, 2.05) is 30.3 Å². The average molecular weight is 333 g/mol. The van der Waals surface area contributed by atoms with E-state index in [-0.39, 0.29) is 11.7 Å². The molecule has 0 spiro atoms. The van der Waals surface area contributed by atoms with E-state index in [2.05, 4.69) is 0 Å². The van der Waals surface area contributed by atoms with Crippen molar-refractivity contribution in [3.8, 4) is 5.75 Å². The number of hydrogen-bond donors (Lipinski definition) is 0. The Morgan fingerprint density at radius 2 is 1.96 bits per heavy atom. The maximum absolute atomic E-state index is 13.7. The minimum atomic E-state index is -0.412. The molecule has 3 nitrogen and oxygen atoms in total. The van der Waals surface area contributed by atoms with E-state index < -0.39 is 5.82 Å². The number of ether oxygens (including phenoxy) is 1. The highest BCUT2D eigenvalue weighted by molar-refractivity contribution is 7.99. The van der Waals surface area contributed by atoms with Crippen molar-refractivity contribution in [1.82, 2.24) is 4.90 Å². The Hall–Kier alpha value is -2.01. The lowest BCUT2D eigenvalue weighted by Gasteiger charge is -2.17. The van der Waals surface area contributed by atoms with Gasteiger partial charge in [0.25, 0.3) is 0 Å². The lowest BCUT2D eigenvalue weighted by molar-refractivity contribution is -0.129. The summed E-state index contributed by atoms with van der Waals surface area (Å²) in [5.74, 6) is 0.571. The van der Waals surface area contributed by atoms with Gasteiger partial charge in [0, 0.05) is 30.7 Å². The zero-order valence-electron chi connectivity index (χ0n) is 13.3. The first kappa shape index (κ1) is 17.3. The fraction of sp³-hybridized carbons (Fsp3) is 0.278. The van der Waals surface area contributed by atoms with Gasteiger partial charge >= 0.3 is 0 Å². The van der Waals surface area contributed by atoms with Crippen molar-refractivity contribution >= 4 is 17.7 Å². The van der Waals surface area contributed by atoms with Gasteiger partial charge in [-0.3, -0.25) is 4.79 Å². The van der Waals surface area contributed by atoms with Gasteiger partial charge in [0.05, 0.1) is 7.11 Å². The van der Waals surface area contributed by atoms with Gasteiger partial charge in [-0.25, -0.2) is 4.39 Å². The van der Waals surface area contributed by atoms with Crippen molar-refractivity contribution in [3.05, 3.63) is 59.9 Å². The molecule has 5 heteroatoms. The summed E-state index contributed by atoms with van der Waals surface area (Å²) in [7, 11) is 3.16. The number of nitrogens with zero attached hydrogens (tertiary/aromatic N) is 1. The van der Waals surface area contributed by atoms with Gasteiger partial charge in [-0.2, -0.15) is 0 Å². The molecule has 23 heavy (non-hydrogen) atoms. The van der Waals surface area contributed by atoms with Gasteiger partial charge in [0.2, 0.25) is 5.91 Å². The Balaban J connectivity index is 1.81.